The van der Waals surface area contributed by atoms with Gasteiger partial charge in [-0.25, -0.2) is 0 Å². The summed E-state index contributed by atoms with van der Waals surface area (Å²) in [5, 5.41) is 5.94. The molecule has 0 aromatic carbocycles. The number of carbonyl (C=O) groups is 1. The van der Waals surface area contributed by atoms with Crippen molar-refractivity contribution in [2.45, 2.75) is 44.7 Å². The minimum atomic E-state index is -0.404. The van der Waals surface area contributed by atoms with Crippen LogP contribution in [0, 0.1) is 0 Å². The quantitative estimate of drug-likeness (QED) is 0.707. The van der Waals surface area contributed by atoms with Gasteiger partial charge in [-0.2, -0.15) is 15.0 Å². The van der Waals surface area contributed by atoms with Gasteiger partial charge in [-0.3, -0.25) is 4.79 Å². The monoisotopic (exact) mass is 291 g/mol. The molecule has 2 heterocycles. The Labute approximate surface area is 123 Å². The minimum Gasteiger partial charge on any atom is -0.368 e. The van der Waals surface area contributed by atoms with Gasteiger partial charge in [0.25, 0.3) is 0 Å². The van der Waals surface area contributed by atoms with Crippen LogP contribution in [0.3, 0.4) is 0 Å². The Morgan fingerprint density at radius 1 is 1.29 bits per heavy atom. The molecule has 1 aliphatic heterocycles. The summed E-state index contributed by atoms with van der Waals surface area (Å²) in [5.41, 5.74) is 5.74. The Morgan fingerprint density at radius 3 is 2.67 bits per heavy atom. The fourth-order valence-corrected chi connectivity index (χ4v) is 2.32. The average molecular weight is 291 g/mol. The summed E-state index contributed by atoms with van der Waals surface area (Å²) in [5.74, 6) is 1.06. The van der Waals surface area contributed by atoms with E-state index >= 15 is 0 Å². The first-order chi connectivity index (χ1) is 10.1. The first kappa shape index (κ1) is 13.8. The van der Waals surface area contributed by atoms with Crippen LogP contribution < -0.4 is 21.3 Å². The van der Waals surface area contributed by atoms with Crippen molar-refractivity contribution < 1.29 is 4.79 Å². The van der Waals surface area contributed by atoms with Crippen LogP contribution in [0.1, 0.15) is 32.6 Å². The molecule has 1 unspecified atom stereocenters. The van der Waals surface area contributed by atoms with Crippen LogP contribution in [0.15, 0.2) is 0 Å². The van der Waals surface area contributed by atoms with Crippen LogP contribution >= 0.6 is 0 Å². The number of hydrogen-bond donors (Lipinski definition) is 3. The summed E-state index contributed by atoms with van der Waals surface area (Å²) in [4.78, 5) is 26.6. The van der Waals surface area contributed by atoms with Crippen molar-refractivity contribution in [2.24, 2.45) is 0 Å². The fraction of sp³-hybridized carbons (Fsp3) is 0.692. The molecule has 1 aromatic rings. The summed E-state index contributed by atoms with van der Waals surface area (Å²) >= 11 is 0. The third-order valence-corrected chi connectivity index (χ3v) is 3.69. The largest absolute Gasteiger partial charge is 0.368 e. The number of nitrogen functional groups attached to an aromatic ring is 1. The van der Waals surface area contributed by atoms with E-state index in [0.29, 0.717) is 17.9 Å². The zero-order valence-corrected chi connectivity index (χ0v) is 12.2. The Hall–Kier alpha value is -2.12. The van der Waals surface area contributed by atoms with Crippen molar-refractivity contribution >= 4 is 23.8 Å². The highest BCUT2D eigenvalue weighted by molar-refractivity contribution is 5.84. The lowest BCUT2D eigenvalue weighted by Crippen LogP contribution is -2.39. The van der Waals surface area contributed by atoms with E-state index in [0.717, 1.165) is 38.8 Å². The molecule has 8 heteroatoms. The Balaban J connectivity index is 1.67. The highest BCUT2D eigenvalue weighted by atomic mass is 16.2. The van der Waals surface area contributed by atoms with Crippen LogP contribution in [0.25, 0.3) is 0 Å². The normalized spacial score (nSPS) is 19.4. The molecule has 2 fully saturated rings. The maximum atomic E-state index is 11.9. The topological polar surface area (TPSA) is 109 Å². The molecule has 0 radical (unpaired) electrons. The smallest absolute Gasteiger partial charge is 0.242 e. The highest BCUT2D eigenvalue weighted by Crippen LogP contribution is 2.20. The summed E-state index contributed by atoms with van der Waals surface area (Å²) < 4.78 is 0. The van der Waals surface area contributed by atoms with Gasteiger partial charge in [0.1, 0.15) is 6.04 Å². The molecule has 21 heavy (non-hydrogen) atoms. The third-order valence-electron chi connectivity index (χ3n) is 3.69. The number of carbonyl (C=O) groups excluding carboxylic acids is 1. The van der Waals surface area contributed by atoms with E-state index in [1.54, 1.807) is 6.92 Å². The van der Waals surface area contributed by atoms with Crippen molar-refractivity contribution in [3.05, 3.63) is 0 Å². The van der Waals surface area contributed by atoms with E-state index < -0.39 is 6.04 Å². The number of rotatable bonds is 5. The van der Waals surface area contributed by atoms with Crippen molar-refractivity contribution in [1.82, 2.24) is 20.3 Å². The van der Waals surface area contributed by atoms with Gasteiger partial charge in [-0.1, -0.05) is 0 Å². The number of aromatic nitrogens is 3. The van der Waals surface area contributed by atoms with E-state index in [9.17, 15) is 4.79 Å². The number of amides is 1. The molecule has 1 aromatic heterocycles. The van der Waals surface area contributed by atoms with E-state index in [1.165, 1.54) is 0 Å². The number of hydrogen-bond acceptors (Lipinski definition) is 7. The molecule has 1 amide bonds. The molecule has 3 rings (SSSR count). The molecule has 4 N–H and O–H groups in total. The number of anilines is 3. The fourth-order valence-electron chi connectivity index (χ4n) is 2.32. The first-order valence-electron chi connectivity index (χ1n) is 7.45. The molecule has 1 aliphatic carbocycles. The second kappa shape index (κ2) is 5.71. The summed E-state index contributed by atoms with van der Waals surface area (Å²) in [6, 6.07) is -0.0656. The summed E-state index contributed by atoms with van der Waals surface area (Å²) in [6.45, 7) is 3.65. The second-order valence-electron chi connectivity index (χ2n) is 5.66. The van der Waals surface area contributed by atoms with Gasteiger partial charge in [0.2, 0.25) is 23.8 Å². The average Bonchev–Trinajstić information content (AvgIpc) is 3.08. The Bertz CT molecular complexity index is 525. The van der Waals surface area contributed by atoms with E-state index in [2.05, 4.69) is 30.5 Å². The molecular weight excluding hydrogens is 270 g/mol. The highest BCUT2D eigenvalue weighted by Gasteiger charge is 2.26. The summed E-state index contributed by atoms with van der Waals surface area (Å²) in [6.07, 6.45) is 4.40. The molecule has 114 valence electrons. The molecule has 2 aliphatic rings. The molecular formula is C13H21N7O. The van der Waals surface area contributed by atoms with Gasteiger partial charge in [0.15, 0.2) is 0 Å². The lowest BCUT2D eigenvalue weighted by Gasteiger charge is -2.18. The molecule has 8 nitrogen and oxygen atoms in total. The van der Waals surface area contributed by atoms with Gasteiger partial charge in [0.05, 0.1) is 0 Å². The molecule has 1 atom stereocenters. The third kappa shape index (κ3) is 3.50. The molecule has 1 saturated heterocycles. The maximum absolute atomic E-state index is 11.9. The van der Waals surface area contributed by atoms with Crippen molar-refractivity contribution in [2.75, 3.05) is 29.0 Å². The van der Waals surface area contributed by atoms with Crippen molar-refractivity contribution in [1.29, 1.82) is 0 Å². The van der Waals surface area contributed by atoms with Crippen LogP contribution in [0.4, 0.5) is 17.8 Å². The number of nitrogens with two attached hydrogens (primary N) is 1. The van der Waals surface area contributed by atoms with Crippen molar-refractivity contribution in [3.63, 3.8) is 0 Å². The van der Waals surface area contributed by atoms with Gasteiger partial charge in [-0.15, -0.1) is 0 Å². The Morgan fingerprint density at radius 2 is 2.00 bits per heavy atom. The zero-order valence-electron chi connectivity index (χ0n) is 12.2. The predicted molar refractivity (Wildman–Crippen MR) is 79.9 cm³/mol. The lowest BCUT2D eigenvalue weighted by molar-refractivity contribution is -0.121. The molecule has 0 bridgehead atoms. The predicted octanol–water partition coefficient (Wildman–Crippen LogP) is 0.133. The van der Waals surface area contributed by atoms with Crippen LogP contribution in [0.5, 0.6) is 0 Å². The van der Waals surface area contributed by atoms with E-state index in [4.69, 9.17) is 5.73 Å². The zero-order chi connectivity index (χ0) is 14.8. The minimum absolute atomic E-state index is 0.0424. The SMILES string of the molecule is CC(Nc1nc(N)nc(N2CCCC2)n1)C(=O)NC1CC1. The van der Waals surface area contributed by atoms with Gasteiger partial charge < -0.3 is 21.3 Å². The summed E-state index contributed by atoms with van der Waals surface area (Å²) in [7, 11) is 0. The lowest BCUT2D eigenvalue weighted by atomic mass is 10.3. The Kier molecular flexibility index (Phi) is 3.76. The van der Waals surface area contributed by atoms with Crippen LogP contribution in [0.2, 0.25) is 0 Å². The number of nitrogens with one attached hydrogen (secondary N) is 2. The van der Waals surface area contributed by atoms with E-state index in [1.807, 2.05) is 0 Å². The molecule has 0 spiro atoms. The molecule has 1 saturated carbocycles. The first-order valence-corrected chi connectivity index (χ1v) is 7.45. The van der Waals surface area contributed by atoms with Gasteiger partial charge in [-0.05, 0) is 32.6 Å². The van der Waals surface area contributed by atoms with E-state index in [-0.39, 0.29) is 11.9 Å². The number of nitrogens with zero attached hydrogens (tertiary/aromatic N) is 4. The van der Waals surface area contributed by atoms with Gasteiger partial charge in [0, 0.05) is 19.1 Å². The van der Waals surface area contributed by atoms with Crippen molar-refractivity contribution in [3.8, 4) is 0 Å². The standard InChI is InChI=1S/C13H21N7O/c1-8(10(21)16-9-4-5-9)15-12-17-11(14)18-13(19-12)20-6-2-3-7-20/h8-9H,2-7H2,1H3,(H,16,21)(H3,14,15,17,18,19). The van der Waals surface area contributed by atoms with Gasteiger partial charge >= 0.3 is 0 Å². The second-order valence-corrected chi connectivity index (χ2v) is 5.66. The maximum Gasteiger partial charge on any atom is 0.242 e. The van der Waals surface area contributed by atoms with Crippen LogP contribution in [-0.2, 0) is 4.79 Å². The van der Waals surface area contributed by atoms with Crippen LogP contribution in [-0.4, -0.2) is 46.0 Å².